The van der Waals surface area contributed by atoms with Gasteiger partial charge in [0, 0.05) is 25.4 Å². The molecule has 0 fully saturated rings. The summed E-state index contributed by atoms with van der Waals surface area (Å²) in [6, 6.07) is 0. The quantitative estimate of drug-likeness (QED) is 0.545. The van der Waals surface area contributed by atoms with Gasteiger partial charge in [-0.3, -0.25) is 4.99 Å². The first-order valence-electron chi connectivity index (χ1n) is 4.51. The van der Waals surface area contributed by atoms with Crippen molar-refractivity contribution in [1.82, 2.24) is 10.2 Å². The van der Waals surface area contributed by atoms with Crippen molar-refractivity contribution in [2.75, 3.05) is 13.6 Å². The molecule has 1 atom stereocenters. The van der Waals surface area contributed by atoms with E-state index >= 15 is 0 Å². The van der Waals surface area contributed by atoms with Crippen molar-refractivity contribution >= 4 is 17.4 Å². The van der Waals surface area contributed by atoms with Crippen LogP contribution < -0.4 is 5.32 Å². The lowest BCUT2D eigenvalue weighted by Crippen LogP contribution is -2.44. The third-order valence-corrected chi connectivity index (χ3v) is 2.29. The number of halogens is 1. The molecule has 4 heteroatoms. The van der Waals surface area contributed by atoms with Crippen LogP contribution in [0.1, 0.15) is 20.3 Å². The Hall–Kier alpha value is -0.700. The van der Waals surface area contributed by atoms with Gasteiger partial charge in [-0.25, -0.2) is 0 Å². The highest BCUT2D eigenvalue weighted by molar-refractivity contribution is 6.22. The second kappa shape index (κ2) is 4.51. The van der Waals surface area contributed by atoms with Gasteiger partial charge in [0.2, 0.25) is 0 Å². The molecule has 1 aliphatic rings. The Bertz CT molecular complexity index is 235. The zero-order valence-corrected chi connectivity index (χ0v) is 9.10. The lowest BCUT2D eigenvalue weighted by molar-refractivity contribution is 0.389. The third-order valence-electron chi connectivity index (χ3n) is 1.88. The maximum absolute atomic E-state index is 6.00. The predicted octanol–water partition coefficient (Wildman–Crippen LogP) is 1.76. The number of amidine groups is 1. The van der Waals surface area contributed by atoms with E-state index in [-0.39, 0.29) is 5.62 Å². The topological polar surface area (TPSA) is 27.6 Å². The van der Waals surface area contributed by atoms with Gasteiger partial charge in [-0.05, 0) is 13.3 Å². The van der Waals surface area contributed by atoms with Crippen LogP contribution in [0, 0.1) is 0 Å². The number of nitrogens with zero attached hydrogens (tertiary/aromatic N) is 2. The first kappa shape index (κ1) is 10.4. The van der Waals surface area contributed by atoms with Crippen molar-refractivity contribution in [3.63, 3.8) is 0 Å². The molecular weight excluding hydrogens is 186 g/mol. The Kier molecular flexibility index (Phi) is 3.60. The summed E-state index contributed by atoms with van der Waals surface area (Å²) in [7, 11) is 1.94. The molecule has 1 rings (SSSR count). The standard InChI is InChI=1S/C9H16ClN3/c1-4-5-11-8-7(2)6-13(3)9(10)12-8/h6,9H,4-5H2,1-3H3,(H,11,12). The molecular formula is C9H16ClN3. The second-order valence-electron chi connectivity index (χ2n) is 3.19. The molecule has 0 aromatic rings. The van der Waals surface area contributed by atoms with Crippen LogP contribution in [0.2, 0.25) is 0 Å². The molecule has 3 nitrogen and oxygen atoms in total. The Morgan fingerprint density at radius 2 is 2.38 bits per heavy atom. The van der Waals surface area contributed by atoms with Crippen molar-refractivity contribution in [3.8, 4) is 0 Å². The summed E-state index contributed by atoms with van der Waals surface area (Å²) in [6.45, 7) is 4.98. The number of aliphatic imine (C=N–C) groups is 1. The number of rotatable bonds is 2. The van der Waals surface area contributed by atoms with Gasteiger partial charge in [0.25, 0.3) is 0 Å². The summed E-state index contributed by atoms with van der Waals surface area (Å²) in [6.07, 6.45) is 3.06. The molecule has 1 unspecified atom stereocenters. The van der Waals surface area contributed by atoms with Gasteiger partial charge >= 0.3 is 0 Å². The molecule has 1 aliphatic heterocycles. The van der Waals surface area contributed by atoms with Crippen LogP contribution in [-0.2, 0) is 0 Å². The zero-order valence-electron chi connectivity index (χ0n) is 8.34. The Balaban J connectivity index is 2.72. The Morgan fingerprint density at radius 1 is 1.69 bits per heavy atom. The van der Waals surface area contributed by atoms with E-state index in [1.54, 1.807) is 0 Å². The highest BCUT2D eigenvalue weighted by Gasteiger charge is 2.17. The van der Waals surface area contributed by atoms with Gasteiger partial charge < -0.3 is 10.2 Å². The van der Waals surface area contributed by atoms with Gasteiger partial charge in [-0.1, -0.05) is 18.5 Å². The fourth-order valence-corrected chi connectivity index (χ4v) is 1.31. The molecule has 0 saturated carbocycles. The van der Waals surface area contributed by atoms with Crippen molar-refractivity contribution in [2.45, 2.75) is 25.9 Å². The zero-order chi connectivity index (χ0) is 9.84. The molecule has 1 N–H and O–H groups in total. The van der Waals surface area contributed by atoms with E-state index in [0.717, 1.165) is 24.4 Å². The van der Waals surface area contributed by atoms with Crippen LogP contribution in [0.4, 0.5) is 0 Å². The van der Waals surface area contributed by atoms with Gasteiger partial charge in [0.05, 0.1) is 0 Å². The van der Waals surface area contributed by atoms with E-state index in [1.165, 1.54) is 0 Å². The van der Waals surface area contributed by atoms with E-state index in [4.69, 9.17) is 11.6 Å². The highest BCUT2D eigenvalue weighted by Crippen LogP contribution is 2.10. The maximum atomic E-state index is 6.00. The lowest BCUT2D eigenvalue weighted by atomic mass is 10.2. The number of alkyl halides is 1. The smallest absolute Gasteiger partial charge is 0.178 e. The molecule has 13 heavy (non-hydrogen) atoms. The van der Waals surface area contributed by atoms with E-state index in [2.05, 4.69) is 17.2 Å². The fourth-order valence-electron chi connectivity index (χ4n) is 1.15. The first-order valence-corrected chi connectivity index (χ1v) is 4.94. The minimum absolute atomic E-state index is 0.181. The molecule has 0 spiro atoms. The van der Waals surface area contributed by atoms with Crippen LogP contribution in [0.5, 0.6) is 0 Å². The Labute approximate surface area is 84.5 Å². The summed E-state index contributed by atoms with van der Waals surface area (Å²) >= 11 is 6.00. The summed E-state index contributed by atoms with van der Waals surface area (Å²) in [5, 5.41) is 3.12. The largest absolute Gasteiger partial charge is 0.348 e. The summed E-state index contributed by atoms with van der Waals surface area (Å²) in [5.41, 5.74) is 0.951. The summed E-state index contributed by atoms with van der Waals surface area (Å²) in [5.74, 6) is 0.917. The molecule has 74 valence electrons. The van der Waals surface area contributed by atoms with E-state index < -0.39 is 0 Å². The monoisotopic (exact) mass is 201 g/mol. The van der Waals surface area contributed by atoms with Crippen molar-refractivity contribution < 1.29 is 0 Å². The minimum Gasteiger partial charge on any atom is -0.348 e. The van der Waals surface area contributed by atoms with E-state index in [1.807, 2.05) is 25.1 Å². The van der Waals surface area contributed by atoms with E-state index in [9.17, 15) is 0 Å². The van der Waals surface area contributed by atoms with Gasteiger partial charge in [0.15, 0.2) is 5.62 Å². The van der Waals surface area contributed by atoms with Crippen LogP contribution in [0.15, 0.2) is 16.8 Å². The molecule has 0 radical (unpaired) electrons. The minimum atomic E-state index is -0.181. The molecule has 0 aliphatic carbocycles. The van der Waals surface area contributed by atoms with Gasteiger partial charge in [-0.2, -0.15) is 0 Å². The van der Waals surface area contributed by atoms with Crippen molar-refractivity contribution in [3.05, 3.63) is 11.8 Å². The normalized spacial score (nSPS) is 25.8. The van der Waals surface area contributed by atoms with E-state index in [0.29, 0.717) is 0 Å². The van der Waals surface area contributed by atoms with Crippen LogP contribution >= 0.6 is 11.6 Å². The van der Waals surface area contributed by atoms with Crippen molar-refractivity contribution in [1.29, 1.82) is 0 Å². The van der Waals surface area contributed by atoms with Crippen LogP contribution in [0.25, 0.3) is 0 Å². The molecule has 0 amide bonds. The Morgan fingerprint density at radius 3 is 3.00 bits per heavy atom. The molecule has 0 aromatic carbocycles. The molecule has 0 saturated heterocycles. The second-order valence-corrected chi connectivity index (χ2v) is 3.60. The lowest BCUT2D eigenvalue weighted by Gasteiger charge is -2.29. The van der Waals surface area contributed by atoms with Gasteiger partial charge in [0.1, 0.15) is 5.84 Å². The maximum Gasteiger partial charge on any atom is 0.178 e. The van der Waals surface area contributed by atoms with Crippen LogP contribution in [-0.4, -0.2) is 30.0 Å². The predicted molar refractivity (Wildman–Crippen MR) is 56.9 cm³/mol. The average Bonchev–Trinajstić information content (AvgIpc) is 2.09. The number of hydrogen-bond acceptors (Lipinski definition) is 2. The molecule has 0 aromatic heterocycles. The number of hydrogen-bond donors (Lipinski definition) is 1. The van der Waals surface area contributed by atoms with Crippen molar-refractivity contribution in [2.24, 2.45) is 4.99 Å². The average molecular weight is 202 g/mol. The SMILES string of the molecule is CCCN=C1NC(Cl)N(C)C=C1C. The van der Waals surface area contributed by atoms with Gasteiger partial charge in [-0.15, -0.1) is 0 Å². The first-order chi connectivity index (χ1) is 6.15. The third kappa shape index (κ3) is 2.62. The highest BCUT2D eigenvalue weighted by atomic mass is 35.5. The number of nitrogens with one attached hydrogen (secondary N) is 1. The molecule has 0 bridgehead atoms. The summed E-state index contributed by atoms with van der Waals surface area (Å²) < 4.78 is 0. The fraction of sp³-hybridized carbons (Fsp3) is 0.667. The van der Waals surface area contributed by atoms with Crippen LogP contribution in [0.3, 0.4) is 0 Å². The summed E-state index contributed by atoms with van der Waals surface area (Å²) in [4.78, 5) is 6.31. The molecule has 1 heterocycles.